The van der Waals surface area contributed by atoms with Crippen LogP contribution in [0.2, 0.25) is 0 Å². The number of allylic oxidation sites excluding steroid dienone is 1. The maximum absolute atomic E-state index is 10.7. The highest BCUT2D eigenvalue weighted by Crippen LogP contribution is 2.37. The Kier molecular flexibility index (Phi) is 4.98. The van der Waals surface area contributed by atoms with E-state index in [0.29, 0.717) is 6.61 Å². The molecule has 0 saturated heterocycles. The highest BCUT2D eigenvalue weighted by Gasteiger charge is 2.17. The normalized spacial score (nSPS) is 12.4. The molecule has 0 fully saturated rings. The topological polar surface area (TPSA) is 46.5 Å². The predicted molar refractivity (Wildman–Crippen MR) is 112 cm³/mol. The van der Waals surface area contributed by atoms with Gasteiger partial charge in [0.15, 0.2) is 0 Å². The van der Waals surface area contributed by atoms with Crippen molar-refractivity contribution in [3.8, 4) is 16.9 Å². The van der Waals surface area contributed by atoms with E-state index in [1.165, 1.54) is 33.4 Å². The van der Waals surface area contributed by atoms with Crippen LogP contribution in [-0.2, 0) is 17.6 Å². The average Bonchev–Trinajstić information content (AvgIpc) is 3.06. The van der Waals surface area contributed by atoms with Crippen LogP contribution in [0.4, 0.5) is 0 Å². The lowest BCUT2D eigenvalue weighted by Crippen LogP contribution is -2.00. The minimum Gasteiger partial charge on any atom is -0.490 e. The largest absolute Gasteiger partial charge is 0.490 e. The first-order valence-corrected chi connectivity index (χ1v) is 9.42. The van der Waals surface area contributed by atoms with Gasteiger partial charge in [0.25, 0.3) is 0 Å². The summed E-state index contributed by atoms with van der Waals surface area (Å²) in [6.45, 7) is 2.57. The Bertz CT molecular complexity index is 1050. The number of hydrogen-bond donors (Lipinski definition) is 1. The van der Waals surface area contributed by atoms with Crippen LogP contribution in [-0.4, -0.2) is 17.7 Å². The predicted octanol–water partition coefficient (Wildman–Crippen LogP) is 5.37. The number of fused-ring (bicyclic) bond motifs is 3. The lowest BCUT2D eigenvalue weighted by atomic mass is 10.00. The number of ether oxygens (including phenoxy) is 1. The van der Waals surface area contributed by atoms with Crippen molar-refractivity contribution in [1.82, 2.24) is 0 Å². The summed E-state index contributed by atoms with van der Waals surface area (Å²) in [5, 5.41) is 8.82. The fourth-order valence-corrected chi connectivity index (χ4v) is 3.65. The number of rotatable bonds is 6. The monoisotopic (exact) mass is 370 g/mol. The number of carbonyl (C=O) groups is 1. The van der Waals surface area contributed by atoms with Gasteiger partial charge in [-0.2, -0.15) is 0 Å². The van der Waals surface area contributed by atoms with Crippen LogP contribution in [0.3, 0.4) is 0 Å². The summed E-state index contributed by atoms with van der Waals surface area (Å²) in [7, 11) is 0. The SMILES string of the molecule is CC(=CCOc1ccc(CC(=O)O)cc1)c1ccc2c(c1)Cc1ccccc1-2. The standard InChI is InChI=1S/C25H22O3/c1-17(12-13-28-22-9-6-18(7-10-22)14-25(26)27)19-8-11-24-21(15-19)16-20-4-2-3-5-23(20)24/h2-12,15H,13-14,16H2,1H3,(H,26,27). The first-order chi connectivity index (χ1) is 13.6. The molecule has 1 aliphatic carbocycles. The first kappa shape index (κ1) is 18.1. The van der Waals surface area contributed by atoms with Crippen LogP contribution in [0, 0.1) is 0 Å². The molecule has 0 spiro atoms. The van der Waals surface area contributed by atoms with Crippen LogP contribution in [0.25, 0.3) is 16.7 Å². The number of aliphatic carboxylic acids is 1. The molecule has 0 bridgehead atoms. The van der Waals surface area contributed by atoms with Gasteiger partial charge in [-0.05, 0) is 70.5 Å². The van der Waals surface area contributed by atoms with Gasteiger partial charge in [0, 0.05) is 0 Å². The lowest BCUT2D eigenvalue weighted by molar-refractivity contribution is -0.136. The molecule has 0 heterocycles. The third kappa shape index (κ3) is 3.84. The summed E-state index contributed by atoms with van der Waals surface area (Å²) in [4.78, 5) is 10.7. The molecule has 1 N–H and O–H groups in total. The molecule has 0 unspecified atom stereocenters. The van der Waals surface area contributed by atoms with Gasteiger partial charge in [0.2, 0.25) is 0 Å². The fraction of sp³-hybridized carbons (Fsp3) is 0.160. The van der Waals surface area contributed by atoms with Crippen molar-refractivity contribution in [2.75, 3.05) is 6.61 Å². The molecular weight excluding hydrogens is 348 g/mol. The molecule has 0 aliphatic heterocycles. The van der Waals surface area contributed by atoms with Gasteiger partial charge in [-0.15, -0.1) is 0 Å². The summed E-state index contributed by atoms with van der Waals surface area (Å²) in [5.74, 6) is -0.0905. The first-order valence-electron chi connectivity index (χ1n) is 9.42. The maximum Gasteiger partial charge on any atom is 0.307 e. The maximum atomic E-state index is 10.7. The molecule has 0 aromatic heterocycles. The molecule has 0 radical (unpaired) electrons. The van der Waals surface area contributed by atoms with Gasteiger partial charge in [0.05, 0.1) is 6.42 Å². The van der Waals surface area contributed by atoms with E-state index in [1.807, 2.05) is 12.1 Å². The lowest BCUT2D eigenvalue weighted by Gasteiger charge is -2.08. The summed E-state index contributed by atoms with van der Waals surface area (Å²) >= 11 is 0. The molecule has 28 heavy (non-hydrogen) atoms. The minimum atomic E-state index is -0.829. The van der Waals surface area contributed by atoms with Gasteiger partial charge in [-0.3, -0.25) is 4.79 Å². The molecule has 140 valence electrons. The third-order valence-corrected chi connectivity index (χ3v) is 5.17. The van der Waals surface area contributed by atoms with E-state index < -0.39 is 5.97 Å². The zero-order valence-electron chi connectivity index (χ0n) is 15.8. The van der Waals surface area contributed by atoms with Crippen LogP contribution < -0.4 is 4.74 Å². The molecule has 0 amide bonds. The molecule has 4 rings (SSSR count). The summed E-state index contributed by atoms with van der Waals surface area (Å²) in [6.07, 6.45) is 3.10. The Labute approximate surface area is 164 Å². The van der Waals surface area contributed by atoms with E-state index in [1.54, 1.807) is 12.1 Å². The number of hydrogen-bond acceptors (Lipinski definition) is 2. The van der Waals surface area contributed by atoms with Crippen LogP contribution in [0.15, 0.2) is 72.8 Å². The zero-order chi connectivity index (χ0) is 19.5. The van der Waals surface area contributed by atoms with Gasteiger partial charge >= 0.3 is 5.97 Å². The Balaban J connectivity index is 1.41. The quantitative estimate of drug-likeness (QED) is 0.496. The van der Waals surface area contributed by atoms with E-state index in [-0.39, 0.29) is 6.42 Å². The van der Waals surface area contributed by atoms with Crippen molar-refractivity contribution in [3.63, 3.8) is 0 Å². The van der Waals surface area contributed by atoms with E-state index in [4.69, 9.17) is 9.84 Å². The summed E-state index contributed by atoms with van der Waals surface area (Å²) < 4.78 is 5.78. The summed E-state index contributed by atoms with van der Waals surface area (Å²) in [5.41, 5.74) is 8.62. The van der Waals surface area contributed by atoms with Crippen LogP contribution >= 0.6 is 0 Å². The minimum absolute atomic E-state index is 0.0293. The molecule has 0 saturated carbocycles. The van der Waals surface area contributed by atoms with Crippen LogP contribution in [0.5, 0.6) is 5.75 Å². The van der Waals surface area contributed by atoms with E-state index in [0.717, 1.165) is 17.7 Å². The highest BCUT2D eigenvalue weighted by atomic mass is 16.5. The second kappa shape index (κ2) is 7.73. The van der Waals surface area contributed by atoms with Crippen molar-refractivity contribution < 1.29 is 14.6 Å². The second-order valence-electron chi connectivity index (χ2n) is 7.12. The number of carboxylic acids is 1. The van der Waals surface area contributed by atoms with Gasteiger partial charge in [-0.1, -0.05) is 54.6 Å². The van der Waals surface area contributed by atoms with Crippen molar-refractivity contribution >= 4 is 11.5 Å². The Morgan fingerprint density at radius 1 is 1.00 bits per heavy atom. The highest BCUT2D eigenvalue weighted by molar-refractivity contribution is 5.79. The van der Waals surface area contributed by atoms with Crippen LogP contribution in [0.1, 0.15) is 29.2 Å². The Morgan fingerprint density at radius 3 is 2.54 bits per heavy atom. The molecule has 3 aromatic carbocycles. The Morgan fingerprint density at radius 2 is 1.75 bits per heavy atom. The number of carboxylic acid groups (broad SMARTS) is 1. The fourth-order valence-electron chi connectivity index (χ4n) is 3.65. The zero-order valence-corrected chi connectivity index (χ0v) is 15.8. The number of benzene rings is 3. The Hall–Kier alpha value is -3.33. The smallest absolute Gasteiger partial charge is 0.307 e. The van der Waals surface area contributed by atoms with E-state index in [9.17, 15) is 4.79 Å². The molecule has 3 nitrogen and oxygen atoms in total. The van der Waals surface area contributed by atoms with E-state index >= 15 is 0 Å². The van der Waals surface area contributed by atoms with Gasteiger partial charge in [0.1, 0.15) is 12.4 Å². The molecule has 3 aromatic rings. The average molecular weight is 370 g/mol. The van der Waals surface area contributed by atoms with Crippen molar-refractivity contribution in [2.45, 2.75) is 19.8 Å². The molecule has 0 atom stereocenters. The van der Waals surface area contributed by atoms with Gasteiger partial charge in [-0.25, -0.2) is 0 Å². The summed E-state index contributed by atoms with van der Waals surface area (Å²) in [6, 6.07) is 22.5. The third-order valence-electron chi connectivity index (χ3n) is 5.17. The van der Waals surface area contributed by atoms with E-state index in [2.05, 4.69) is 55.5 Å². The second-order valence-corrected chi connectivity index (χ2v) is 7.12. The van der Waals surface area contributed by atoms with Gasteiger partial charge < -0.3 is 9.84 Å². The molecular formula is C25H22O3. The molecule has 1 aliphatic rings. The van der Waals surface area contributed by atoms with Crippen molar-refractivity contribution in [1.29, 1.82) is 0 Å². The van der Waals surface area contributed by atoms with Crippen molar-refractivity contribution in [2.24, 2.45) is 0 Å². The van der Waals surface area contributed by atoms with Crippen molar-refractivity contribution in [3.05, 3.63) is 95.1 Å². The molecule has 3 heteroatoms.